The highest BCUT2D eigenvalue weighted by Crippen LogP contribution is 1.66. The van der Waals surface area contributed by atoms with Crippen LogP contribution in [-0.2, 0) is 5.11 Å². The summed E-state index contributed by atoms with van der Waals surface area (Å²) in [5, 5.41) is 15.5. The minimum Gasteiger partial charge on any atom is -0.303 e. The van der Waals surface area contributed by atoms with Crippen LogP contribution in [0, 0.1) is 0 Å². The molecule has 0 saturated heterocycles. The van der Waals surface area contributed by atoms with Crippen LogP contribution in [0.3, 0.4) is 0 Å². The van der Waals surface area contributed by atoms with Gasteiger partial charge in [-0.1, -0.05) is 0 Å². The van der Waals surface area contributed by atoms with Crippen molar-refractivity contribution in [2.45, 2.75) is 6.17 Å². The minimum absolute atomic E-state index is 0.0694. The van der Waals surface area contributed by atoms with Crippen LogP contribution in [0.1, 0.15) is 0 Å². The molecule has 0 aromatic carbocycles. The summed E-state index contributed by atoms with van der Waals surface area (Å²) in [4.78, 5) is 0. The second kappa shape index (κ2) is 4.05. The largest absolute Gasteiger partial charge is 0.303 e. The van der Waals surface area contributed by atoms with Gasteiger partial charge in [-0.15, -0.1) is 0 Å². The minimum atomic E-state index is -0.118. The quantitative estimate of drug-likeness (QED) is 0.458. The van der Waals surface area contributed by atoms with E-state index in [4.69, 9.17) is 0 Å². The average Bonchev–Trinajstić information content (AvgIpc) is 1.72. The first-order chi connectivity index (χ1) is 3.35. The predicted octanol–water partition coefficient (Wildman–Crippen LogP) is -0.818. The summed E-state index contributed by atoms with van der Waals surface area (Å²) in [5.41, 5.74) is 0. The van der Waals surface area contributed by atoms with Crippen molar-refractivity contribution in [1.82, 2.24) is 10.6 Å². The molecule has 0 aliphatic heterocycles. The third-order valence-corrected chi connectivity index (χ3v) is 0.864. The molecule has 7 heavy (non-hydrogen) atoms. The van der Waals surface area contributed by atoms with Gasteiger partial charge in [0, 0.05) is 0 Å². The normalized spacial score (nSPS) is 10.3. The van der Waals surface area contributed by atoms with Crippen LogP contribution in [0.25, 0.3) is 0 Å². The van der Waals surface area contributed by atoms with E-state index in [2.05, 4.69) is 10.6 Å². The fourth-order valence-electron chi connectivity index (χ4n) is 0.311. The number of rotatable bonds is 3. The molecule has 1 radical (unpaired) electrons. The number of hydrogen-bond acceptors (Lipinski definition) is 2. The van der Waals surface area contributed by atoms with Crippen molar-refractivity contribution in [2.75, 3.05) is 20.7 Å². The second-order valence-electron chi connectivity index (χ2n) is 1.30. The molecule has 2 N–H and O–H groups in total. The maximum absolute atomic E-state index is 9.97. The molecule has 43 valence electrons. The monoisotopic (exact) mass is 103 g/mol. The molecule has 0 rings (SSSR count). The van der Waals surface area contributed by atoms with E-state index in [1.54, 1.807) is 14.1 Å². The van der Waals surface area contributed by atoms with Gasteiger partial charge in [-0.2, -0.15) is 0 Å². The van der Waals surface area contributed by atoms with Gasteiger partial charge in [0.1, 0.15) is 6.61 Å². The molecular weight excluding hydrogens is 92.1 g/mol. The van der Waals surface area contributed by atoms with Gasteiger partial charge >= 0.3 is 0 Å². The fraction of sp³-hybridized carbons (Fsp3) is 1.00. The van der Waals surface area contributed by atoms with E-state index >= 15 is 0 Å². The van der Waals surface area contributed by atoms with Crippen molar-refractivity contribution >= 4 is 0 Å². The van der Waals surface area contributed by atoms with Crippen molar-refractivity contribution in [2.24, 2.45) is 0 Å². The van der Waals surface area contributed by atoms with E-state index in [0.29, 0.717) is 0 Å². The molecule has 3 nitrogen and oxygen atoms in total. The summed E-state index contributed by atoms with van der Waals surface area (Å²) in [5.74, 6) is 0. The molecule has 0 aliphatic rings. The van der Waals surface area contributed by atoms with Gasteiger partial charge in [0.25, 0.3) is 0 Å². The highest BCUT2D eigenvalue weighted by molar-refractivity contribution is 4.52. The standard InChI is InChI=1S/C4H11N2O/c1-5-4(3-7)6-2/h4-6H,3H2,1-2H3. The van der Waals surface area contributed by atoms with E-state index in [0.717, 1.165) is 0 Å². The smallest absolute Gasteiger partial charge is 0.111 e. The Labute approximate surface area is 43.7 Å². The van der Waals surface area contributed by atoms with E-state index in [1.807, 2.05) is 0 Å². The molecular formula is C4H11N2O. The molecule has 3 heteroatoms. The summed E-state index contributed by atoms with van der Waals surface area (Å²) in [6.45, 7) is -0.118. The van der Waals surface area contributed by atoms with Crippen LogP contribution in [-0.4, -0.2) is 26.9 Å². The fourth-order valence-corrected chi connectivity index (χ4v) is 0.311. The number of hydrogen-bond donors (Lipinski definition) is 2. The molecule has 0 aromatic rings. The van der Waals surface area contributed by atoms with Crippen LogP contribution >= 0.6 is 0 Å². The van der Waals surface area contributed by atoms with Gasteiger partial charge < -0.3 is 10.6 Å². The lowest BCUT2D eigenvalue weighted by Gasteiger charge is -2.08. The zero-order valence-electron chi connectivity index (χ0n) is 4.69. The third-order valence-electron chi connectivity index (χ3n) is 0.864. The molecule has 0 saturated carbocycles. The Kier molecular flexibility index (Phi) is 3.98. The Bertz CT molecular complexity index is 31.2. The Morgan fingerprint density at radius 3 is 1.86 bits per heavy atom. The first kappa shape index (κ1) is 6.88. The molecule has 0 aromatic heterocycles. The van der Waals surface area contributed by atoms with Gasteiger partial charge in [0.15, 0.2) is 0 Å². The topological polar surface area (TPSA) is 44.0 Å². The summed E-state index contributed by atoms with van der Waals surface area (Å²) in [7, 11) is 3.50. The van der Waals surface area contributed by atoms with Crippen molar-refractivity contribution in [3.05, 3.63) is 0 Å². The Hall–Kier alpha value is -0.120. The van der Waals surface area contributed by atoms with Gasteiger partial charge in [-0.25, -0.2) is 5.11 Å². The highest BCUT2D eigenvalue weighted by Gasteiger charge is 1.95. The number of nitrogens with one attached hydrogen (secondary N) is 2. The summed E-state index contributed by atoms with van der Waals surface area (Å²) >= 11 is 0. The molecule has 0 bridgehead atoms. The number of likely N-dealkylation sites (N-methyl/N-ethyl adjacent to an activating group) is 2. The summed E-state index contributed by atoms with van der Waals surface area (Å²) in [6, 6.07) is 0. The van der Waals surface area contributed by atoms with E-state index in [1.165, 1.54) is 0 Å². The van der Waals surface area contributed by atoms with E-state index in [-0.39, 0.29) is 12.8 Å². The lowest BCUT2D eigenvalue weighted by Crippen LogP contribution is -2.40. The first-order valence-electron chi connectivity index (χ1n) is 2.27. The predicted molar refractivity (Wildman–Crippen MR) is 27.5 cm³/mol. The lowest BCUT2D eigenvalue weighted by molar-refractivity contribution is 0.151. The molecule has 0 amide bonds. The Balaban J connectivity index is 2.99. The van der Waals surface area contributed by atoms with Crippen molar-refractivity contribution in [3.8, 4) is 0 Å². The summed E-state index contributed by atoms with van der Waals surface area (Å²) < 4.78 is 0. The molecule has 0 spiro atoms. The first-order valence-corrected chi connectivity index (χ1v) is 2.27. The maximum Gasteiger partial charge on any atom is 0.111 e. The van der Waals surface area contributed by atoms with E-state index < -0.39 is 0 Å². The molecule has 0 heterocycles. The lowest BCUT2D eigenvalue weighted by atomic mass is 10.5. The average molecular weight is 103 g/mol. The van der Waals surface area contributed by atoms with Gasteiger partial charge in [-0.3, -0.25) is 0 Å². The second-order valence-corrected chi connectivity index (χ2v) is 1.30. The van der Waals surface area contributed by atoms with Crippen molar-refractivity contribution in [1.29, 1.82) is 0 Å². The van der Waals surface area contributed by atoms with Gasteiger partial charge in [0.2, 0.25) is 0 Å². The van der Waals surface area contributed by atoms with Crippen LogP contribution in [0.4, 0.5) is 0 Å². The van der Waals surface area contributed by atoms with Gasteiger partial charge in [0.05, 0.1) is 6.17 Å². The maximum atomic E-state index is 9.97. The van der Waals surface area contributed by atoms with Crippen molar-refractivity contribution < 1.29 is 5.11 Å². The molecule has 0 unspecified atom stereocenters. The van der Waals surface area contributed by atoms with Crippen LogP contribution in [0.5, 0.6) is 0 Å². The Morgan fingerprint density at radius 1 is 1.43 bits per heavy atom. The van der Waals surface area contributed by atoms with Crippen LogP contribution in [0.15, 0.2) is 0 Å². The zero-order valence-corrected chi connectivity index (χ0v) is 4.69. The molecule has 0 fully saturated rings. The van der Waals surface area contributed by atoms with Crippen LogP contribution in [0.2, 0.25) is 0 Å². The SMILES string of the molecule is CNC(C[O])NC. The van der Waals surface area contributed by atoms with Crippen LogP contribution < -0.4 is 10.6 Å². The molecule has 0 atom stereocenters. The highest BCUT2D eigenvalue weighted by atomic mass is 16.3. The van der Waals surface area contributed by atoms with Crippen molar-refractivity contribution in [3.63, 3.8) is 0 Å². The Morgan fingerprint density at radius 2 is 1.86 bits per heavy atom. The summed E-state index contributed by atoms with van der Waals surface area (Å²) in [6.07, 6.45) is -0.0694. The third kappa shape index (κ3) is 2.56. The van der Waals surface area contributed by atoms with Gasteiger partial charge in [-0.05, 0) is 14.1 Å². The molecule has 0 aliphatic carbocycles. The zero-order chi connectivity index (χ0) is 5.70. The van der Waals surface area contributed by atoms with E-state index in [9.17, 15) is 5.11 Å².